The van der Waals surface area contributed by atoms with Crippen LogP contribution in [-0.2, 0) is 19.2 Å². The van der Waals surface area contributed by atoms with E-state index in [9.17, 15) is 9.59 Å². The first-order valence-electron chi connectivity index (χ1n) is 5.35. The van der Waals surface area contributed by atoms with Crippen molar-refractivity contribution in [3.63, 3.8) is 0 Å². The van der Waals surface area contributed by atoms with Gasteiger partial charge in [0.15, 0.2) is 5.71 Å². The van der Waals surface area contributed by atoms with Gasteiger partial charge >= 0.3 is 5.97 Å². The Labute approximate surface area is 99.0 Å². The van der Waals surface area contributed by atoms with E-state index in [1.165, 1.54) is 4.90 Å². The van der Waals surface area contributed by atoms with Gasteiger partial charge in [0, 0.05) is 26.6 Å². The third kappa shape index (κ3) is 3.70. The highest BCUT2D eigenvalue weighted by Gasteiger charge is 2.33. The summed E-state index contributed by atoms with van der Waals surface area (Å²) in [5, 5.41) is 12.0. The van der Waals surface area contributed by atoms with E-state index in [-0.39, 0.29) is 18.0 Å². The van der Waals surface area contributed by atoms with E-state index >= 15 is 0 Å². The second-order valence-corrected chi connectivity index (χ2v) is 3.60. The molecule has 1 N–H and O–H groups in total. The average molecular weight is 244 g/mol. The Kier molecular flexibility index (Phi) is 4.89. The number of hydrogen-bond donors (Lipinski definition) is 1. The van der Waals surface area contributed by atoms with Crippen molar-refractivity contribution in [2.24, 2.45) is 5.16 Å². The Balaban J connectivity index is 2.37. The van der Waals surface area contributed by atoms with Gasteiger partial charge < -0.3 is 19.6 Å². The predicted molar refractivity (Wildman–Crippen MR) is 58.7 cm³/mol. The second-order valence-electron chi connectivity index (χ2n) is 3.60. The summed E-state index contributed by atoms with van der Waals surface area (Å²) >= 11 is 0. The molecule has 1 unspecified atom stereocenters. The number of ether oxygens (including phenoxy) is 1. The van der Waals surface area contributed by atoms with Crippen molar-refractivity contribution in [3.8, 4) is 0 Å². The number of amides is 1. The highest BCUT2D eigenvalue weighted by molar-refractivity contribution is 6.36. The molecule has 7 heteroatoms. The molecule has 0 aliphatic carbocycles. The molecule has 0 aromatic rings. The van der Waals surface area contributed by atoms with Crippen LogP contribution in [0.2, 0.25) is 0 Å². The van der Waals surface area contributed by atoms with Crippen LogP contribution in [0.3, 0.4) is 0 Å². The maximum absolute atomic E-state index is 11.8. The number of hydrogen-bond acceptors (Lipinski definition) is 5. The molecule has 1 aliphatic rings. The quantitative estimate of drug-likeness (QED) is 0.649. The van der Waals surface area contributed by atoms with Crippen LogP contribution in [0, 0.1) is 0 Å². The summed E-state index contributed by atoms with van der Waals surface area (Å²) in [6.45, 7) is 3.34. The highest BCUT2D eigenvalue weighted by Crippen LogP contribution is 2.12. The van der Waals surface area contributed by atoms with Crippen molar-refractivity contribution >= 4 is 17.6 Å². The Morgan fingerprint density at radius 3 is 2.88 bits per heavy atom. The lowest BCUT2D eigenvalue weighted by Gasteiger charge is -2.19. The molecule has 0 fully saturated rings. The second kappa shape index (κ2) is 6.19. The average Bonchev–Trinajstić information content (AvgIpc) is 2.77. The van der Waals surface area contributed by atoms with E-state index in [1.54, 1.807) is 7.05 Å². The zero-order chi connectivity index (χ0) is 12.8. The van der Waals surface area contributed by atoms with Crippen LogP contribution in [-0.4, -0.2) is 60.5 Å². The van der Waals surface area contributed by atoms with Crippen LogP contribution in [0.5, 0.6) is 0 Å². The molecule has 1 aliphatic heterocycles. The number of nitrogens with zero attached hydrogens (tertiary/aromatic N) is 2. The van der Waals surface area contributed by atoms with E-state index in [4.69, 9.17) is 14.7 Å². The fraction of sp³-hybridized carbons (Fsp3) is 0.700. The lowest BCUT2D eigenvalue weighted by atomic mass is 10.1. The van der Waals surface area contributed by atoms with Gasteiger partial charge in [-0.3, -0.25) is 4.79 Å². The molecule has 0 saturated heterocycles. The number of rotatable bonds is 6. The molecule has 0 radical (unpaired) electrons. The predicted octanol–water partition coefficient (Wildman–Crippen LogP) is -0.289. The van der Waals surface area contributed by atoms with Gasteiger partial charge in [0.2, 0.25) is 6.10 Å². The van der Waals surface area contributed by atoms with Crippen LogP contribution in [0.4, 0.5) is 0 Å². The lowest BCUT2D eigenvalue weighted by molar-refractivity contribution is -0.141. The number of carboxylic acids is 1. The van der Waals surface area contributed by atoms with Gasteiger partial charge in [0.25, 0.3) is 5.91 Å². The highest BCUT2D eigenvalue weighted by atomic mass is 16.6. The molecule has 7 nitrogen and oxygen atoms in total. The molecule has 1 heterocycles. The molecule has 0 saturated carbocycles. The van der Waals surface area contributed by atoms with Crippen molar-refractivity contribution in [2.75, 3.05) is 26.8 Å². The minimum Gasteiger partial charge on any atom is -0.477 e. The van der Waals surface area contributed by atoms with Gasteiger partial charge in [-0.1, -0.05) is 5.16 Å². The summed E-state index contributed by atoms with van der Waals surface area (Å²) in [5.74, 6) is -1.44. The third-order valence-corrected chi connectivity index (χ3v) is 2.34. The van der Waals surface area contributed by atoms with Gasteiger partial charge in [-0.2, -0.15) is 0 Å². The van der Waals surface area contributed by atoms with Crippen LogP contribution >= 0.6 is 0 Å². The first kappa shape index (κ1) is 13.4. The molecule has 0 aromatic carbocycles. The molecular formula is C10H16N2O5. The summed E-state index contributed by atoms with van der Waals surface area (Å²) in [6.07, 6.45) is -0.819. The van der Waals surface area contributed by atoms with Crippen LogP contribution in [0.1, 0.15) is 13.3 Å². The molecule has 0 aromatic heterocycles. The molecule has 1 amide bonds. The Hall–Kier alpha value is -1.63. The normalized spacial score (nSPS) is 18.5. The maximum Gasteiger partial charge on any atom is 0.353 e. The fourth-order valence-corrected chi connectivity index (χ4v) is 1.34. The third-order valence-electron chi connectivity index (χ3n) is 2.34. The first-order chi connectivity index (χ1) is 8.06. The van der Waals surface area contributed by atoms with Crippen molar-refractivity contribution < 1.29 is 24.3 Å². The summed E-state index contributed by atoms with van der Waals surface area (Å²) < 4.78 is 5.12. The van der Waals surface area contributed by atoms with Crippen LogP contribution in [0.15, 0.2) is 5.16 Å². The fourth-order valence-electron chi connectivity index (χ4n) is 1.34. The lowest BCUT2D eigenvalue weighted by Crippen LogP contribution is -2.38. The smallest absolute Gasteiger partial charge is 0.353 e. The van der Waals surface area contributed by atoms with Gasteiger partial charge in [0.05, 0.1) is 6.61 Å². The molecule has 0 spiro atoms. The van der Waals surface area contributed by atoms with Gasteiger partial charge in [-0.15, -0.1) is 0 Å². The first-order valence-corrected chi connectivity index (χ1v) is 5.35. The molecule has 1 atom stereocenters. The standard InChI is InChI=1S/C10H16N2O5/c1-3-16-5-4-12(2)9(13)8-6-7(10(14)15)11-17-8/h8H,3-6H2,1-2H3,(H,14,15). The minimum absolute atomic E-state index is 0.00708. The Morgan fingerprint density at radius 2 is 2.35 bits per heavy atom. The molecule has 17 heavy (non-hydrogen) atoms. The number of carbonyl (C=O) groups is 2. The summed E-state index contributed by atoms with van der Waals surface area (Å²) in [5.41, 5.74) is -0.124. The maximum atomic E-state index is 11.8. The van der Waals surface area contributed by atoms with Gasteiger partial charge in [-0.05, 0) is 6.92 Å². The van der Waals surface area contributed by atoms with E-state index in [1.807, 2.05) is 6.92 Å². The number of aliphatic carboxylic acids is 1. The zero-order valence-electron chi connectivity index (χ0n) is 9.88. The van der Waals surface area contributed by atoms with E-state index < -0.39 is 12.1 Å². The van der Waals surface area contributed by atoms with Crippen molar-refractivity contribution in [3.05, 3.63) is 0 Å². The van der Waals surface area contributed by atoms with Crippen molar-refractivity contribution in [2.45, 2.75) is 19.4 Å². The monoisotopic (exact) mass is 244 g/mol. The summed E-state index contributed by atoms with van der Waals surface area (Å²) in [6, 6.07) is 0. The van der Waals surface area contributed by atoms with E-state index in [0.29, 0.717) is 19.8 Å². The van der Waals surface area contributed by atoms with Crippen molar-refractivity contribution in [1.29, 1.82) is 0 Å². The zero-order valence-corrected chi connectivity index (χ0v) is 9.88. The Morgan fingerprint density at radius 1 is 1.65 bits per heavy atom. The van der Waals surface area contributed by atoms with Gasteiger partial charge in [0.1, 0.15) is 0 Å². The minimum atomic E-state index is -1.16. The van der Waals surface area contributed by atoms with Crippen LogP contribution in [0.25, 0.3) is 0 Å². The number of oxime groups is 1. The van der Waals surface area contributed by atoms with Gasteiger partial charge in [-0.25, -0.2) is 4.79 Å². The SMILES string of the molecule is CCOCCN(C)C(=O)C1CC(C(=O)O)=NO1. The Bertz CT molecular complexity index is 329. The molecule has 96 valence electrons. The van der Waals surface area contributed by atoms with Crippen LogP contribution < -0.4 is 0 Å². The number of carbonyl (C=O) groups excluding carboxylic acids is 1. The molecular weight excluding hydrogens is 228 g/mol. The van der Waals surface area contributed by atoms with Crippen molar-refractivity contribution in [1.82, 2.24) is 4.90 Å². The summed E-state index contributed by atoms with van der Waals surface area (Å²) in [7, 11) is 1.61. The van der Waals surface area contributed by atoms with E-state index in [2.05, 4.69) is 5.16 Å². The number of carboxylic acid groups (broad SMARTS) is 1. The number of likely N-dealkylation sites (N-methyl/N-ethyl adjacent to an activating group) is 1. The summed E-state index contributed by atoms with van der Waals surface area (Å²) in [4.78, 5) is 28.6. The largest absolute Gasteiger partial charge is 0.477 e. The van der Waals surface area contributed by atoms with E-state index in [0.717, 1.165) is 0 Å². The molecule has 1 rings (SSSR count). The molecule has 0 bridgehead atoms. The topological polar surface area (TPSA) is 88.4 Å².